The molecule has 1 aliphatic heterocycles. The van der Waals surface area contributed by atoms with Gasteiger partial charge in [0.25, 0.3) is 0 Å². The minimum absolute atomic E-state index is 0.122. The van der Waals surface area contributed by atoms with Gasteiger partial charge in [-0.15, -0.1) is 13.2 Å². The summed E-state index contributed by atoms with van der Waals surface area (Å²) in [6.07, 6.45) is -4.87. The molecule has 22 heavy (non-hydrogen) atoms. The van der Waals surface area contributed by atoms with Crippen LogP contribution in [0.25, 0.3) is 10.4 Å². The van der Waals surface area contributed by atoms with Crippen LogP contribution in [0.1, 0.15) is 6.42 Å². The van der Waals surface area contributed by atoms with Crippen molar-refractivity contribution in [1.82, 2.24) is 0 Å². The highest BCUT2D eigenvalue weighted by Crippen LogP contribution is 2.31. The van der Waals surface area contributed by atoms with E-state index in [1.165, 1.54) is 4.90 Å². The van der Waals surface area contributed by atoms with E-state index in [9.17, 15) is 22.4 Å². The van der Waals surface area contributed by atoms with Gasteiger partial charge >= 0.3 is 6.36 Å². The fourth-order valence-corrected chi connectivity index (χ4v) is 2.17. The molecule has 0 saturated carbocycles. The Morgan fingerprint density at radius 2 is 2.18 bits per heavy atom. The summed E-state index contributed by atoms with van der Waals surface area (Å²) in [5, 5.41) is 3.37. The summed E-state index contributed by atoms with van der Waals surface area (Å²) < 4.78 is 53.3. The van der Waals surface area contributed by atoms with Gasteiger partial charge in [0.15, 0.2) is 11.6 Å². The van der Waals surface area contributed by atoms with Crippen molar-refractivity contribution >= 4 is 11.6 Å². The third kappa shape index (κ3) is 3.79. The average Bonchev–Trinajstić information content (AvgIpc) is 2.78. The van der Waals surface area contributed by atoms with Gasteiger partial charge in [-0.2, -0.15) is 0 Å². The number of anilines is 1. The SMILES string of the molecule is [N-]=[N+]=NCC1CC(=O)N(c2ccc(OC(F)(F)F)c(F)c2)C1. The fraction of sp³-hybridized carbons (Fsp3) is 0.417. The maximum atomic E-state index is 13.6. The van der Waals surface area contributed by atoms with E-state index in [-0.39, 0.29) is 37.0 Å². The first-order valence-electron chi connectivity index (χ1n) is 6.16. The molecule has 2 rings (SSSR count). The van der Waals surface area contributed by atoms with Crippen LogP contribution in [0.15, 0.2) is 23.3 Å². The van der Waals surface area contributed by atoms with E-state index in [0.29, 0.717) is 0 Å². The van der Waals surface area contributed by atoms with Crippen molar-refractivity contribution in [3.8, 4) is 5.75 Å². The van der Waals surface area contributed by atoms with Crippen molar-refractivity contribution < 1.29 is 27.1 Å². The number of alkyl halides is 3. The Labute approximate surface area is 121 Å². The zero-order chi connectivity index (χ0) is 16.3. The number of carbonyl (C=O) groups is 1. The zero-order valence-electron chi connectivity index (χ0n) is 11.0. The summed E-state index contributed by atoms with van der Waals surface area (Å²) in [5.74, 6) is -2.71. The lowest BCUT2D eigenvalue weighted by Gasteiger charge is -2.18. The summed E-state index contributed by atoms with van der Waals surface area (Å²) in [6, 6.07) is 2.78. The van der Waals surface area contributed by atoms with Crippen LogP contribution in [0.4, 0.5) is 23.2 Å². The van der Waals surface area contributed by atoms with Gasteiger partial charge in [0.05, 0.1) is 0 Å². The number of carbonyl (C=O) groups excluding carboxylic acids is 1. The van der Waals surface area contributed by atoms with E-state index in [0.717, 1.165) is 18.2 Å². The highest BCUT2D eigenvalue weighted by Gasteiger charge is 2.34. The first kappa shape index (κ1) is 15.9. The minimum Gasteiger partial charge on any atom is -0.403 e. The molecule has 0 radical (unpaired) electrons. The van der Waals surface area contributed by atoms with Crippen molar-refractivity contribution in [3.05, 3.63) is 34.5 Å². The van der Waals surface area contributed by atoms with Gasteiger partial charge in [-0.05, 0) is 23.6 Å². The van der Waals surface area contributed by atoms with Crippen molar-refractivity contribution in [1.29, 1.82) is 0 Å². The number of rotatable bonds is 4. The molecule has 0 aromatic heterocycles. The predicted octanol–water partition coefficient (Wildman–Crippen LogP) is 3.39. The quantitative estimate of drug-likeness (QED) is 0.369. The smallest absolute Gasteiger partial charge is 0.403 e. The topological polar surface area (TPSA) is 78.3 Å². The second-order valence-corrected chi connectivity index (χ2v) is 4.65. The van der Waals surface area contributed by atoms with E-state index in [1.54, 1.807) is 0 Å². The summed E-state index contributed by atoms with van der Waals surface area (Å²) in [5.41, 5.74) is 8.37. The van der Waals surface area contributed by atoms with E-state index < -0.39 is 17.9 Å². The summed E-state index contributed by atoms with van der Waals surface area (Å²) in [4.78, 5) is 15.7. The third-order valence-corrected chi connectivity index (χ3v) is 3.06. The Bertz CT molecular complexity index is 628. The second-order valence-electron chi connectivity index (χ2n) is 4.65. The molecule has 0 bridgehead atoms. The number of amides is 1. The Morgan fingerprint density at radius 1 is 1.45 bits per heavy atom. The summed E-state index contributed by atoms with van der Waals surface area (Å²) in [7, 11) is 0. The highest BCUT2D eigenvalue weighted by molar-refractivity contribution is 5.95. The largest absolute Gasteiger partial charge is 0.573 e. The van der Waals surface area contributed by atoms with Gasteiger partial charge in [-0.25, -0.2) is 4.39 Å². The van der Waals surface area contributed by atoms with Gasteiger partial charge in [0.1, 0.15) is 0 Å². The molecule has 1 aromatic rings. The number of ether oxygens (including phenoxy) is 1. The van der Waals surface area contributed by atoms with E-state index in [1.807, 2.05) is 0 Å². The van der Waals surface area contributed by atoms with E-state index >= 15 is 0 Å². The van der Waals surface area contributed by atoms with Gasteiger partial charge in [-0.1, -0.05) is 5.11 Å². The molecule has 1 atom stereocenters. The average molecular weight is 318 g/mol. The summed E-state index contributed by atoms with van der Waals surface area (Å²) in [6.45, 7) is 0.327. The van der Waals surface area contributed by atoms with Crippen molar-refractivity contribution in [2.24, 2.45) is 11.0 Å². The normalized spacial score (nSPS) is 18.3. The third-order valence-electron chi connectivity index (χ3n) is 3.06. The number of benzene rings is 1. The lowest BCUT2D eigenvalue weighted by atomic mass is 10.1. The van der Waals surface area contributed by atoms with E-state index in [4.69, 9.17) is 5.53 Å². The lowest BCUT2D eigenvalue weighted by Crippen LogP contribution is -2.25. The number of azide groups is 1. The van der Waals surface area contributed by atoms with Crippen molar-refractivity contribution in [2.45, 2.75) is 12.8 Å². The molecule has 6 nitrogen and oxygen atoms in total. The molecular weight excluding hydrogens is 308 g/mol. The molecule has 1 amide bonds. The van der Waals surface area contributed by atoms with Crippen LogP contribution in [0.3, 0.4) is 0 Å². The van der Waals surface area contributed by atoms with Crippen LogP contribution < -0.4 is 9.64 Å². The molecular formula is C12H10F4N4O2. The highest BCUT2D eigenvalue weighted by atomic mass is 19.4. The molecule has 0 spiro atoms. The Morgan fingerprint density at radius 3 is 2.77 bits per heavy atom. The van der Waals surface area contributed by atoms with Crippen LogP contribution >= 0.6 is 0 Å². The van der Waals surface area contributed by atoms with Gasteiger partial charge < -0.3 is 9.64 Å². The molecule has 1 saturated heterocycles. The molecule has 1 unspecified atom stereocenters. The van der Waals surface area contributed by atoms with Gasteiger partial charge in [0.2, 0.25) is 5.91 Å². The Kier molecular flexibility index (Phi) is 4.41. The number of halogens is 4. The lowest BCUT2D eigenvalue weighted by molar-refractivity contribution is -0.275. The van der Waals surface area contributed by atoms with Crippen molar-refractivity contribution in [2.75, 3.05) is 18.0 Å². The number of nitrogens with zero attached hydrogens (tertiary/aromatic N) is 4. The molecule has 0 N–H and O–H groups in total. The van der Waals surface area contributed by atoms with Crippen LogP contribution in [0.2, 0.25) is 0 Å². The second kappa shape index (κ2) is 6.10. The number of hydrogen-bond acceptors (Lipinski definition) is 3. The van der Waals surface area contributed by atoms with Crippen LogP contribution in [-0.4, -0.2) is 25.4 Å². The van der Waals surface area contributed by atoms with Crippen LogP contribution in [-0.2, 0) is 4.79 Å². The minimum atomic E-state index is -4.99. The molecule has 118 valence electrons. The fourth-order valence-electron chi connectivity index (χ4n) is 2.17. The number of hydrogen-bond donors (Lipinski definition) is 0. The zero-order valence-corrected chi connectivity index (χ0v) is 11.0. The molecule has 0 aliphatic carbocycles. The molecule has 1 heterocycles. The Hall–Kier alpha value is -2.48. The van der Waals surface area contributed by atoms with Crippen LogP contribution in [0, 0.1) is 11.7 Å². The maximum Gasteiger partial charge on any atom is 0.573 e. The Balaban J connectivity index is 2.15. The van der Waals surface area contributed by atoms with Crippen LogP contribution in [0.5, 0.6) is 5.75 Å². The first-order chi connectivity index (χ1) is 10.3. The molecule has 10 heteroatoms. The van der Waals surface area contributed by atoms with Gasteiger partial charge in [-0.3, -0.25) is 4.79 Å². The first-order valence-corrected chi connectivity index (χ1v) is 6.16. The predicted molar refractivity (Wildman–Crippen MR) is 67.6 cm³/mol. The molecule has 1 fully saturated rings. The molecule has 1 aromatic carbocycles. The van der Waals surface area contributed by atoms with Crippen molar-refractivity contribution in [3.63, 3.8) is 0 Å². The summed E-state index contributed by atoms with van der Waals surface area (Å²) >= 11 is 0. The maximum absolute atomic E-state index is 13.6. The standard InChI is InChI=1S/C12H10F4N4O2/c13-9-4-8(1-2-10(9)22-12(14,15)16)20-6-7(3-11(20)21)5-18-19-17/h1-2,4,7H,3,5-6H2. The molecule has 1 aliphatic rings. The monoisotopic (exact) mass is 318 g/mol. The van der Waals surface area contributed by atoms with Gasteiger partial charge in [0, 0.05) is 36.2 Å². The van der Waals surface area contributed by atoms with E-state index in [2.05, 4.69) is 14.8 Å².